The number of pyridine rings is 1. The predicted octanol–water partition coefficient (Wildman–Crippen LogP) is 3.38. The summed E-state index contributed by atoms with van der Waals surface area (Å²) in [6, 6.07) is 9.84. The normalized spacial score (nSPS) is 18.9. The zero-order chi connectivity index (χ0) is 27.6. The minimum absolute atomic E-state index is 0.0294. The summed E-state index contributed by atoms with van der Waals surface area (Å²) in [5.74, 6) is 1.68. The Morgan fingerprint density at radius 3 is 2.75 bits per heavy atom. The highest BCUT2D eigenvalue weighted by molar-refractivity contribution is 5.97. The molecule has 6 heterocycles. The second-order valence-corrected chi connectivity index (χ2v) is 11.5. The zero-order valence-electron chi connectivity index (χ0n) is 22.7. The number of amides is 1. The third-order valence-corrected chi connectivity index (χ3v) is 7.67. The minimum atomic E-state index is -0.216. The van der Waals surface area contributed by atoms with Crippen LogP contribution in [0.25, 0.3) is 16.9 Å². The first kappa shape index (κ1) is 24.5. The van der Waals surface area contributed by atoms with E-state index in [-0.39, 0.29) is 23.5 Å². The van der Waals surface area contributed by atoms with E-state index in [1.807, 2.05) is 12.1 Å². The Morgan fingerprint density at radius 2 is 1.88 bits per heavy atom. The van der Waals surface area contributed by atoms with Gasteiger partial charge in [0.2, 0.25) is 5.95 Å². The molecule has 3 aromatic heterocycles. The lowest BCUT2D eigenvalue weighted by molar-refractivity contribution is -0.121. The molecule has 1 aromatic carbocycles. The molecule has 11 nitrogen and oxygen atoms in total. The maximum Gasteiger partial charge on any atom is 0.278 e. The number of carbonyl (C=O) groups excluding carboxylic acids is 1. The number of ether oxygens (including phenoxy) is 1. The van der Waals surface area contributed by atoms with Gasteiger partial charge >= 0.3 is 0 Å². The molecule has 2 bridgehead atoms. The molecule has 0 spiro atoms. The number of rotatable bonds is 2. The van der Waals surface area contributed by atoms with Gasteiger partial charge in [0.1, 0.15) is 5.39 Å². The molecule has 11 heteroatoms. The van der Waals surface area contributed by atoms with Crippen molar-refractivity contribution < 1.29 is 9.53 Å². The van der Waals surface area contributed by atoms with Gasteiger partial charge in [-0.15, -0.1) is 0 Å². The summed E-state index contributed by atoms with van der Waals surface area (Å²) in [5, 5.41) is 3.69. The summed E-state index contributed by atoms with van der Waals surface area (Å²) >= 11 is 0. The highest BCUT2D eigenvalue weighted by atomic mass is 16.5. The van der Waals surface area contributed by atoms with Gasteiger partial charge in [0.15, 0.2) is 29.6 Å². The summed E-state index contributed by atoms with van der Waals surface area (Å²) < 4.78 is 9.01. The van der Waals surface area contributed by atoms with Crippen LogP contribution in [0.15, 0.2) is 53.5 Å². The maximum absolute atomic E-state index is 13.6. The first-order valence-electron chi connectivity index (χ1n) is 13.4. The van der Waals surface area contributed by atoms with Crippen LogP contribution in [0.5, 0.6) is 5.75 Å². The van der Waals surface area contributed by atoms with Crippen molar-refractivity contribution in [2.45, 2.75) is 39.9 Å². The van der Waals surface area contributed by atoms with Crippen LogP contribution in [0.3, 0.4) is 0 Å². The number of hydrogen-bond acceptors (Lipinski definition) is 8. The van der Waals surface area contributed by atoms with Crippen molar-refractivity contribution in [1.29, 1.82) is 0 Å². The second kappa shape index (κ2) is 9.02. The van der Waals surface area contributed by atoms with Crippen molar-refractivity contribution >= 4 is 34.4 Å². The van der Waals surface area contributed by atoms with E-state index in [0.717, 1.165) is 25.2 Å². The third kappa shape index (κ3) is 4.13. The first-order valence-corrected chi connectivity index (χ1v) is 13.4. The molecular weight excluding hydrogens is 508 g/mol. The first-order chi connectivity index (χ1) is 19.3. The van der Waals surface area contributed by atoms with Gasteiger partial charge in [-0.05, 0) is 54.3 Å². The van der Waals surface area contributed by atoms with Crippen LogP contribution < -0.4 is 20.5 Å². The van der Waals surface area contributed by atoms with E-state index >= 15 is 0 Å². The van der Waals surface area contributed by atoms with Gasteiger partial charge in [0.05, 0.1) is 6.54 Å². The van der Waals surface area contributed by atoms with Gasteiger partial charge in [-0.3, -0.25) is 19.4 Å². The third-order valence-electron chi connectivity index (χ3n) is 7.67. The second-order valence-electron chi connectivity index (χ2n) is 11.5. The molecule has 40 heavy (non-hydrogen) atoms. The Balaban J connectivity index is 1.36. The average molecular weight is 539 g/mol. The van der Waals surface area contributed by atoms with Crippen LogP contribution in [0.1, 0.15) is 31.4 Å². The average Bonchev–Trinajstić information content (AvgIpc) is 3.43. The highest BCUT2D eigenvalue weighted by Crippen LogP contribution is 2.35. The Morgan fingerprint density at radius 1 is 1.02 bits per heavy atom. The zero-order valence-corrected chi connectivity index (χ0v) is 22.7. The summed E-state index contributed by atoms with van der Waals surface area (Å²) in [5.41, 5.74) is 3.48. The van der Waals surface area contributed by atoms with E-state index < -0.39 is 0 Å². The predicted molar refractivity (Wildman–Crippen MR) is 151 cm³/mol. The van der Waals surface area contributed by atoms with E-state index in [4.69, 9.17) is 14.7 Å². The molecule has 204 valence electrons. The van der Waals surface area contributed by atoms with Crippen LogP contribution in [0.4, 0.5) is 17.5 Å². The largest absolute Gasteiger partial charge is 0.480 e. The number of aromatic nitrogens is 5. The van der Waals surface area contributed by atoms with Crippen LogP contribution >= 0.6 is 0 Å². The lowest BCUT2D eigenvalue weighted by atomic mass is 9.88. The monoisotopic (exact) mass is 538 g/mol. The van der Waals surface area contributed by atoms with Gasteiger partial charge < -0.3 is 10.1 Å². The van der Waals surface area contributed by atoms with Crippen molar-refractivity contribution in [3.63, 3.8) is 0 Å². The fourth-order valence-corrected chi connectivity index (χ4v) is 5.68. The molecule has 3 aliphatic heterocycles. The van der Waals surface area contributed by atoms with E-state index in [1.54, 1.807) is 32.6 Å². The minimum Gasteiger partial charge on any atom is -0.480 e. The molecule has 0 radical (unpaired) electrons. The Bertz CT molecular complexity index is 1770. The van der Waals surface area contributed by atoms with Crippen LogP contribution in [-0.4, -0.2) is 55.3 Å². The number of nitrogens with zero attached hydrogens (tertiary/aromatic N) is 7. The molecule has 4 aromatic rings. The van der Waals surface area contributed by atoms with Crippen LogP contribution in [0, 0.1) is 5.41 Å². The molecule has 0 aliphatic carbocycles. The van der Waals surface area contributed by atoms with Gasteiger partial charge in [-0.1, -0.05) is 32.1 Å². The number of benzene rings is 1. The van der Waals surface area contributed by atoms with Crippen molar-refractivity contribution in [3.8, 4) is 11.6 Å². The van der Waals surface area contributed by atoms with E-state index in [9.17, 15) is 9.59 Å². The molecule has 1 N–H and O–H groups in total. The van der Waals surface area contributed by atoms with Crippen molar-refractivity contribution in [3.05, 3.63) is 70.2 Å². The van der Waals surface area contributed by atoms with Gasteiger partial charge in [-0.25, -0.2) is 19.3 Å². The summed E-state index contributed by atoms with van der Waals surface area (Å²) in [6.45, 7) is 6.86. The smallest absolute Gasteiger partial charge is 0.278 e. The number of hydrogen-bond donors (Lipinski definition) is 1. The van der Waals surface area contributed by atoms with Crippen LogP contribution in [0.2, 0.25) is 0 Å². The van der Waals surface area contributed by atoms with Crippen molar-refractivity contribution in [2.24, 2.45) is 5.41 Å². The van der Waals surface area contributed by atoms with E-state index in [2.05, 4.69) is 54.3 Å². The number of allylic oxidation sites excluding steroid dienone is 2. The lowest BCUT2D eigenvalue weighted by Gasteiger charge is -2.35. The SMILES string of the molecule is CN1Cc2ccc(Nc3ncc4c(=O)n5n(c4n3)-c3ccc4c(n3)N(CC(C)(C)C/C=C\C5)C(=O)CO4)cc2C1. The lowest BCUT2D eigenvalue weighted by Crippen LogP contribution is -2.44. The fraction of sp³-hybridized carbons (Fsp3) is 0.345. The highest BCUT2D eigenvalue weighted by Gasteiger charge is 2.33. The molecule has 0 fully saturated rings. The van der Waals surface area contributed by atoms with Gasteiger partial charge in [0, 0.05) is 31.5 Å². The Kier molecular flexibility index (Phi) is 5.53. The fourth-order valence-electron chi connectivity index (χ4n) is 5.68. The van der Waals surface area contributed by atoms with Gasteiger partial charge in [0.25, 0.3) is 11.5 Å². The van der Waals surface area contributed by atoms with E-state index in [0.29, 0.717) is 47.5 Å². The molecule has 7 rings (SSSR count). The molecule has 3 aliphatic rings. The number of anilines is 3. The van der Waals surface area contributed by atoms with Gasteiger partial charge in [-0.2, -0.15) is 4.98 Å². The molecule has 0 saturated carbocycles. The molecule has 1 amide bonds. The number of nitrogens with one attached hydrogen (secondary N) is 1. The van der Waals surface area contributed by atoms with Crippen LogP contribution in [-0.2, 0) is 24.4 Å². The Hall–Kier alpha value is -4.51. The molecule has 0 atom stereocenters. The molecule has 0 saturated heterocycles. The number of carbonyl (C=O) groups is 1. The summed E-state index contributed by atoms with van der Waals surface area (Å²) in [7, 11) is 2.10. The topological polar surface area (TPSA) is 110 Å². The summed E-state index contributed by atoms with van der Waals surface area (Å²) in [6.07, 6.45) is 6.33. The Labute approximate surface area is 230 Å². The quantitative estimate of drug-likeness (QED) is 0.387. The standard InChI is InChI=1S/C29H30N8O3/c1-29(2)10-4-5-11-36-27(39)21-13-30-28(31-20-7-6-18-14-34(3)15-19(18)12-20)33-25(21)37(36)23-9-8-22-26(32-23)35(17-29)24(38)16-40-22/h4-9,12-13H,10-11,14-17H2,1-3H3,(H,30,31,33)/b5-4-. The van der Waals surface area contributed by atoms with Crippen molar-refractivity contribution in [1.82, 2.24) is 29.2 Å². The molecular formula is C29H30N8O3. The summed E-state index contributed by atoms with van der Waals surface area (Å²) in [4.78, 5) is 44.6. The molecule has 0 unspecified atom stereocenters. The van der Waals surface area contributed by atoms with Crippen molar-refractivity contribution in [2.75, 3.05) is 30.4 Å². The maximum atomic E-state index is 13.6. The number of fused-ring (bicyclic) bond motifs is 6. The van der Waals surface area contributed by atoms with E-state index in [1.165, 1.54) is 11.1 Å².